The summed E-state index contributed by atoms with van der Waals surface area (Å²) in [7, 11) is 0. The molecule has 1 unspecified atom stereocenters. The lowest BCUT2D eigenvalue weighted by molar-refractivity contribution is 0.274. The fourth-order valence-corrected chi connectivity index (χ4v) is 2.18. The molecule has 0 fully saturated rings. The molecule has 0 heterocycles. The lowest BCUT2D eigenvalue weighted by Gasteiger charge is -2.19. The molecule has 5 heteroatoms. The van der Waals surface area contributed by atoms with Gasteiger partial charge in [0.05, 0.1) is 12.6 Å². The number of aliphatic hydroxyl groups is 1. The average molecular weight is 345 g/mol. The predicted octanol–water partition coefficient (Wildman–Crippen LogP) is 4.39. The number of hydrogen-bond acceptors (Lipinski definition) is 2. The molecule has 2 N–H and O–H groups in total. The Morgan fingerprint density at radius 3 is 2.47 bits per heavy atom. The number of rotatable bonds is 4. The second-order valence-corrected chi connectivity index (χ2v) is 5.40. The minimum absolute atomic E-state index is 0.214. The van der Waals surface area contributed by atoms with Gasteiger partial charge in [-0.25, -0.2) is 4.39 Å². The second kappa shape index (κ2) is 6.37. The Labute approximate surface area is 124 Å². The van der Waals surface area contributed by atoms with Crippen LogP contribution >= 0.6 is 27.5 Å². The first-order valence-corrected chi connectivity index (χ1v) is 6.85. The molecule has 0 aliphatic rings. The Kier molecular flexibility index (Phi) is 4.80. The van der Waals surface area contributed by atoms with Crippen LogP contribution in [0.25, 0.3) is 0 Å². The minimum atomic E-state index is -0.515. The van der Waals surface area contributed by atoms with Crippen molar-refractivity contribution in [3.05, 3.63) is 63.3 Å². The normalized spacial score (nSPS) is 12.2. The van der Waals surface area contributed by atoms with Crippen LogP contribution in [0.1, 0.15) is 11.6 Å². The smallest absolute Gasteiger partial charge is 0.130 e. The van der Waals surface area contributed by atoms with Crippen molar-refractivity contribution < 1.29 is 9.50 Å². The first-order chi connectivity index (χ1) is 9.10. The molecule has 0 saturated carbocycles. The first kappa shape index (κ1) is 14.3. The zero-order valence-corrected chi connectivity index (χ0v) is 12.2. The average Bonchev–Trinajstić information content (AvgIpc) is 2.39. The van der Waals surface area contributed by atoms with Gasteiger partial charge >= 0.3 is 0 Å². The summed E-state index contributed by atoms with van der Waals surface area (Å²) in [6.07, 6.45) is 0. The van der Waals surface area contributed by atoms with E-state index < -0.39 is 11.9 Å². The Bertz CT molecular complexity index is 562. The Hall–Kier alpha value is -1.10. The highest BCUT2D eigenvalue weighted by molar-refractivity contribution is 9.10. The Balaban J connectivity index is 2.22. The number of halogens is 3. The van der Waals surface area contributed by atoms with Crippen LogP contribution in [-0.4, -0.2) is 11.7 Å². The van der Waals surface area contributed by atoms with E-state index in [0.29, 0.717) is 10.6 Å². The van der Waals surface area contributed by atoms with Gasteiger partial charge in [-0.2, -0.15) is 0 Å². The van der Waals surface area contributed by atoms with Gasteiger partial charge < -0.3 is 10.4 Å². The fraction of sp³-hybridized carbons (Fsp3) is 0.143. The molecule has 0 amide bonds. The Morgan fingerprint density at radius 1 is 1.21 bits per heavy atom. The van der Waals surface area contributed by atoms with E-state index in [9.17, 15) is 9.50 Å². The highest BCUT2D eigenvalue weighted by Crippen LogP contribution is 2.25. The maximum absolute atomic E-state index is 13.8. The van der Waals surface area contributed by atoms with Crippen LogP contribution in [0, 0.1) is 5.82 Å². The molecule has 2 aromatic rings. The maximum Gasteiger partial charge on any atom is 0.130 e. The summed E-state index contributed by atoms with van der Waals surface area (Å²) in [6.45, 7) is -0.214. The summed E-state index contributed by atoms with van der Waals surface area (Å²) in [6, 6.07) is 11.3. The molecular formula is C14H12BrClFNO. The second-order valence-electron chi connectivity index (χ2n) is 4.05. The van der Waals surface area contributed by atoms with Crippen molar-refractivity contribution in [3.63, 3.8) is 0 Å². The van der Waals surface area contributed by atoms with Gasteiger partial charge in [0.25, 0.3) is 0 Å². The van der Waals surface area contributed by atoms with E-state index >= 15 is 0 Å². The van der Waals surface area contributed by atoms with Gasteiger partial charge in [0.2, 0.25) is 0 Å². The van der Waals surface area contributed by atoms with E-state index in [1.807, 2.05) is 24.3 Å². The molecule has 0 spiro atoms. The third-order valence-electron chi connectivity index (χ3n) is 2.71. The van der Waals surface area contributed by atoms with Crippen LogP contribution in [-0.2, 0) is 0 Å². The lowest BCUT2D eigenvalue weighted by atomic mass is 10.1. The molecule has 1 atom stereocenters. The van der Waals surface area contributed by atoms with E-state index in [-0.39, 0.29) is 6.61 Å². The van der Waals surface area contributed by atoms with Crippen LogP contribution in [0.15, 0.2) is 46.9 Å². The van der Waals surface area contributed by atoms with Crippen LogP contribution in [0.2, 0.25) is 5.02 Å². The summed E-state index contributed by atoms with van der Waals surface area (Å²) < 4.78 is 14.8. The van der Waals surface area contributed by atoms with Crippen molar-refractivity contribution in [1.29, 1.82) is 0 Å². The molecule has 0 aliphatic heterocycles. The molecule has 19 heavy (non-hydrogen) atoms. The van der Waals surface area contributed by atoms with Crippen molar-refractivity contribution in [3.8, 4) is 0 Å². The third-order valence-corrected chi connectivity index (χ3v) is 3.47. The maximum atomic E-state index is 13.8. The molecule has 2 nitrogen and oxygen atoms in total. The SMILES string of the molecule is OCC(Nc1ccc(Br)cc1)c1ccc(Cl)cc1F. The molecule has 0 bridgehead atoms. The van der Waals surface area contributed by atoms with E-state index in [1.54, 1.807) is 12.1 Å². The number of nitrogens with one attached hydrogen (secondary N) is 1. The van der Waals surface area contributed by atoms with E-state index in [0.717, 1.165) is 10.2 Å². The van der Waals surface area contributed by atoms with Gasteiger partial charge in [0.15, 0.2) is 0 Å². The van der Waals surface area contributed by atoms with Gasteiger partial charge in [-0.1, -0.05) is 33.6 Å². The number of anilines is 1. The standard InChI is InChI=1S/C14H12BrClFNO/c15-9-1-4-11(5-2-9)18-14(8-19)12-6-3-10(16)7-13(12)17/h1-7,14,18-19H,8H2. The molecular weight excluding hydrogens is 333 g/mol. The molecule has 0 saturated heterocycles. The summed E-state index contributed by atoms with van der Waals surface area (Å²) >= 11 is 9.06. The number of hydrogen-bond donors (Lipinski definition) is 2. The minimum Gasteiger partial charge on any atom is -0.394 e. The summed E-state index contributed by atoms with van der Waals surface area (Å²) in [5.74, 6) is -0.434. The summed E-state index contributed by atoms with van der Waals surface area (Å²) in [4.78, 5) is 0. The highest BCUT2D eigenvalue weighted by Gasteiger charge is 2.15. The molecule has 100 valence electrons. The number of benzene rings is 2. The lowest BCUT2D eigenvalue weighted by Crippen LogP contribution is -2.16. The van der Waals surface area contributed by atoms with Crippen LogP contribution in [0.5, 0.6) is 0 Å². The van der Waals surface area contributed by atoms with Crippen molar-refractivity contribution in [1.82, 2.24) is 0 Å². The number of aliphatic hydroxyl groups excluding tert-OH is 1. The van der Waals surface area contributed by atoms with Crippen LogP contribution in [0.3, 0.4) is 0 Å². The largest absolute Gasteiger partial charge is 0.394 e. The zero-order chi connectivity index (χ0) is 13.8. The zero-order valence-electron chi connectivity index (χ0n) is 9.91. The van der Waals surface area contributed by atoms with Crippen LogP contribution < -0.4 is 5.32 Å². The van der Waals surface area contributed by atoms with Gasteiger partial charge in [0.1, 0.15) is 5.82 Å². The Morgan fingerprint density at radius 2 is 1.89 bits per heavy atom. The van der Waals surface area contributed by atoms with E-state index in [1.165, 1.54) is 6.07 Å². The van der Waals surface area contributed by atoms with Gasteiger partial charge in [-0.3, -0.25) is 0 Å². The first-order valence-electron chi connectivity index (χ1n) is 5.68. The van der Waals surface area contributed by atoms with Gasteiger partial charge in [0, 0.05) is 20.7 Å². The van der Waals surface area contributed by atoms with Crippen molar-refractivity contribution >= 4 is 33.2 Å². The third kappa shape index (κ3) is 3.69. The van der Waals surface area contributed by atoms with E-state index in [4.69, 9.17) is 11.6 Å². The summed E-state index contributed by atoms with van der Waals surface area (Å²) in [5, 5.41) is 12.8. The monoisotopic (exact) mass is 343 g/mol. The predicted molar refractivity (Wildman–Crippen MR) is 79.0 cm³/mol. The van der Waals surface area contributed by atoms with Crippen molar-refractivity contribution in [2.75, 3.05) is 11.9 Å². The topological polar surface area (TPSA) is 32.3 Å². The molecule has 2 aromatic carbocycles. The molecule has 2 rings (SSSR count). The van der Waals surface area contributed by atoms with Crippen molar-refractivity contribution in [2.45, 2.75) is 6.04 Å². The molecule has 0 radical (unpaired) electrons. The van der Waals surface area contributed by atoms with Gasteiger partial charge in [-0.15, -0.1) is 0 Å². The fourth-order valence-electron chi connectivity index (χ4n) is 1.75. The van der Waals surface area contributed by atoms with Crippen molar-refractivity contribution in [2.24, 2.45) is 0 Å². The summed E-state index contributed by atoms with van der Waals surface area (Å²) in [5.41, 5.74) is 1.19. The van der Waals surface area contributed by atoms with E-state index in [2.05, 4.69) is 21.2 Å². The quantitative estimate of drug-likeness (QED) is 0.862. The van der Waals surface area contributed by atoms with Crippen LogP contribution in [0.4, 0.5) is 10.1 Å². The highest BCUT2D eigenvalue weighted by atomic mass is 79.9. The molecule has 0 aromatic heterocycles. The molecule has 0 aliphatic carbocycles. The van der Waals surface area contributed by atoms with Gasteiger partial charge in [-0.05, 0) is 36.4 Å².